The van der Waals surface area contributed by atoms with E-state index in [0.29, 0.717) is 5.75 Å². The summed E-state index contributed by atoms with van der Waals surface area (Å²) >= 11 is 0. The number of aromatic hydroxyl groups is 1. The summed E-state index contributed by atoms with van der Waals surface area (Å²) < 4.78 is 5.77. The second kappa shape index (κ2) is 4.01. The van der Waals surface area contributed by atoms with Crippen LogP contribution >= 0.6 is 0 Å². The number of benzene rings is 1. The fourth-order valence-electron chi connectivity index (χ4n) is 1.28. The van der Waals surface area contributed by atoms with Gasteiger partial charge in [-0.2, -0.15) is 0 Å². The SMILES string of the molecule is CN(C)c1ccc(O)cc1OC(C)(C)C. The van der Waals surface area contributed by atoms with Crippen molar-refractivity contribution in [2.75, 3.05) is 19.0 Å². The van der Waals surface area contributed by atoms with Gasteiger partial charge in [0.1, 0.15) is 17.1 Å². The first-order valence-electron chi connectivity index (χ1n) is 4.99. The Kier molecular flexibility index (Phi) is 3.12. The molecule has 1 N–H and O–H groups in total. The van der Waals surface area contributed by atoms with E-state index in [1.54, 1.807) is 12.1 Å². The van der Waals surface area contributed by atoms with Crippen molar-refractivity contribution in [2.45, 2.75) is 26.4 Å². The van der Waals surface area contributed by atoms with Gasteiger partial charge in [-0.1, -0.05) is 0 Å². The first kappa shape index (κ1) is 11.7. The molecule has 0 bridgehead atoms. The summed E-state index contributed by atoms with van der Waals surface area (Å²) in [6.07, 6.45) is 0. The zero-order chi connectivity index (χ0) is 11.6. The van der Waals surface area contributed by atoms with Gasteiger partial charge < -0.3 is 14.7 Å². The van der Waals surface area contributed by atoms with Crippen molar-refractivity contribution < 1.29 is 9.84 Å². The monoisotopic (exact) mass is 209 g/mol. The van der Waals surface area contributed by atoms with E-state index in [-0.39, 0.29) is 11.4 Å². The molecule has 0 saturated heterocycles. The molecule has 0 aromatic heterocycles. The van der Waals surface area contributed by atoms with Crippen molar-refractivity contribution in [3.05, 3.63) is 18.2 Å². The molecule has 0 unspecified atom stereocenters. The number of hydrogen-bond donors (Lipinski definition) is 1. The molecule has 0 atom stereocenters. The Morgan fingerprint density at radius 1 is 1.20 bits per heavy atom. The Morgan fingerprint density at radius 2 is 1.80 bits per heavy atom. The van der Waals surface area contributed by atoms with E-state index >= 15 is 0 Å². The van der Waals surface area contributed by atoms with E-state index in [0.717, 1.165) is 5.69 Å². The zero-order valence-electron chi connectivity index (χ0n) is 10.0. The number of anilines is 1. The highest BCUT2D eigenvalue weighted by Crippen LogP contribution is 2.33. The van der Waals surface area contributed by atoms with Gasteiger partial charge in [0.05, 0.1) is 5.69 Å². The van der Waals surface area contributed by atoms with Crippen LogP contribution in [0.5, 0.6) is 11.5 Å². The van der Waals surface area contributed by atoms with Crippen LogP contribution in [0.15, 0.2) is 18.2 Å². The fraction of sp³-hybridized carbons (Fsp3) is 0.500. The van der Waals surface area contributed by atoms with Crippen LogP contribution < -0.4 is 9.64 Å². The third-order valence-electron chi connectivity index (χ3n) is 1.84. The van der Waals surface area contributed by atoms with Gasteiger partial charge >= 0.3 is 0 Å². The van der Waals surface area contributed by atoms with Crippen molar-refractivity contribution in [3.63, 3.8) is 0 Å². The normalized spacial score (nSPS) is 11.3. The van der Waals surface area contributed by atoms with Gasteiger partial charge in [-0.15, -0.1) is 0 Å². The highest BCUT2D eigenvalue weighted by Gasteiger charge is 2.15. The molecule has 0 amide bonds. The second-order valence-electron chi connectivity index (χ2n) is 4.76. The van der Waals surface area contributed by atoms with Crippen molar-refractivity contribution in [1.82, 2.24) is 0 Å². The van der Waals surface area contributed by atoms with E-state index in [2.05, 4.69) is 0 Å². The third-order valence-corrected chi connectivity index (χ3v) is 1.84. The topological polar surface area (TPSA) is 32.7 Å². The number of ether oxygens (including phenoxy) is 1. The van der Waals surface area contributed by atoms with Crippen LogP contribution in [0.2, 0.25) is 0 Å². The van der Waals surface area contributed by atoms with Gasteiger partial charge in [0, 0.05) is 20.2 Å². The molecule has 0 aliphatic rings. The second-order valence-corrected chi connectivity index (χ2v) is 4.76. The Balaban J connectivity index is 3.08. The predicted molar refractivity (Wildman–Crippen MR) is 62.8 cm³/mol. The minimum Gasteiger partial charge on any atom is -0.508 e. The molecule has 1 aromatic rings. The van der Waals surface area contributed by atoms with Gasteiger partial charge in [-0.3, -0.25) is 0 Å². The maximum Gasteiger partial charge on any atom is 0.147 e. The summed E-state index contributed by atoms with van der Waals surface area (Å²) in [6, 6.07) is 5.14. The summed E-state index contributed by atoms with van der Waals surface area (Å²) in [5.74, 6) is 0.923. The average Bonchev–Trinajstić information content (AvgIpc) is 1.99. The molecule has 3 nitrogen and oxygen atoms in total. The maximum absolute atomic E-state index is 9.42. The Hall–Kier alpha value is -1.38. The number of hydrogen-bond acceptors (Lipinski definition) is 3. The zero-order valence-corrected chi connectivity index (χ0v) is 10.0. The maximum atomic E-state index is 9.42. The molecular weight excluding hydrogens is 190 g/mol. The fourth-order valence-corrected chi connectivity index (χ4v) is 1.28. The largest absolute Gasteiger partial charge is 0.508 e. The van der Waals surface area contributed by atoms with Crippen LogP contribution in [0.1, 0.15) is 20.8 Å². The minimum atomic E-state index is -0.265. The summed E-state index contributed by atoms with van der Waals surface area (Å²) in [5, 5.41) is 9.42. The summed E-state index contributed by atoms with van der Waals surface area (Å²) in [4.78, 5) is 1.96. The highest BCUT2D eigenvalue weighted by molar-refractivity contribution is 5.60. The molecule has 84 valence electrons. The summed E-state index contributed by atoms with van der Waals surface area (Å²) in [7, 11) is 3.89. The van der Waals surface area contributed by atoms with Crippen LogP contribution in [-0.2, 0) is 0 Å². The van der Waals surface area contributed by atoms with Gasteiger partial charge in [-0.05, 0) is 32.9 Å². The van der Waals surface area contributed by atoms with Crippen LogP contribution in [0.4, 0.5) is 5.69 Å². The third kappa shape index (κ3) is 3.35. The van der Waals surface area contributed by atoms with E-state index < -0.39 is 0 Å². The summed E-state index contributed by atoms with van der Waals surface area (Å²) in [6.45, 7) is 5.95. The smallest absolute Gasteiger partial charge is 0.147 e. The molecular formula is C12H19NO2. The van der Waals surface area contributed by atoms with Crippen molar-refractivity contribution in [1.29, 1.82) is 0 Å². The van der Waals surface area contributed by atoms with Crippen molar-refractivity contribution in [2.24, 2.45) is 0 Å². The van der Waals surface area contributed by atoms with Crippen molar-refractivity contribution in [3.8, 4) is 11.5 Å². The van der Waals surface area contributed by atoms with E-state index in [4.69, 9.17) is 4.74 Å². The van der Waals surface area contributed by atoms with Gasteiger partial charge in [0.2, 0.25) is 0 Å². The Morgan fingerprint density at radius 3 is 2.27 bits per heavy atom. The van der Waals surface area contributed by atoms with Gasteiger partial charge in [-0.25, -0.2) is 0 Å². The Bertz CT molecular complexity index is 340. The molecule has 0 fully saturated rings. The Labute approximate surface area is 91.3 Å². The molecule has 1 aromatic carbocycles. The van der Waals surface area contributed by atoms with Crippen LogP contribution in [0.25, 0.3) is 0 Å². The predicted octanol–water partition coefficient (Wildman–Crippen LogP) is 2.64. The van der Waals surface area contributed by atoms with Crippen molar-refractivity contribution >= 4 is 5.69 Å². The molecule has 3 heteroatoms. The molecule has 0 heterocycles. The first-order chi connectivity index (χ1) is 6.79. The number of rotatable bonds is 2. The average molecular weight is 209 g/mol. The van der Waals surface area contributed by atoms with Crippen LogP contribution in [0.3, 0.4) is 0 Å². The molecule has 0 spiro atoms. The molecule has 0 aliphatic heterocycles. The molecule has 0 saturated carbocycles. The molecule has 15 heavy (non-hydrogen) atoms. The standard InChI is InChI=1S/C12H19NO2/c1-12(2,3)15-11-8-9(14)6-7-10(11)13(4)5/h6-8,14H,1-5H3. The number of phenols is 1. The van der Waals surface area contributed by atoms with Gasteiger partial charge in [0.15, 0.2) is 0 Å². The van der Waals surface area contributed by atoms with E-state index in [1.165, 1.54) is 0 Å². The highest BCUT2D eigenvalue weighted by atomic mass is 16.5. The lowest BCUT2D eigenvalue weighted by Crippen LogP contribution is -2.24. The minimum absolute atomic E-state index is 0.222. The first-order valence-corrected chi connectivity index (χ1v) is 4.99. The van der Waals surface area contributed by atoms with Gasteiger partial charge in [0.25, 0.3) is 0 Å². The quantitative estimate of drug-likeness (QED) is 0.812. The molecule has 1 rings (SSSR count). The number of nitrogens with zero attached hydrogens (tertiary/aromatic N) is 1. The molecule has 0 radical (unpaired) electrons. The van der Waals surface area contributed by atoms with Crippen LogP contribution in [0, 0.1) is 0 Å². The lowest BCUT2D eigenvalue weighted by molar-refractivity contribution is 0.131. The van der Waals surface area contributed by atoms with Crippen LogP contribution in [-0.4, -0.2) is 24.8 Å². The van der Waals surface area contributed by atoms with E-state index in [9.17, 15) is 5.11 Å². The lowest BCUT2D eigenvalue weighted by atomic mass is 10.2. The number of phenolic OH excluding ortho intramolecular Hbond substituents is 1. The lowest BCUT2D eigenvalue weighted by Gasteiger charge is -2.25. The summed E-state index contributed by atoms with van der Waals surface area (Å²) in [5.41, 5.74) is 0.696. The molecule has 0 aliphatic carbocycles. The van der Waals surface area contributed by atoms with E-state index in [1.807, 2.05) is 45.8 Å².